The Morgan fingerprint density at radius 2 is 0.950 bits per heavy atom. The summed E-state index contributed by atoms with van der Waals surface area (Å²) in [6.45, 7) is 4.61. The van der Waals surface area contributed by atoms with Gasteiger partial charge in [-0.05, 0) is 46.0 Å². The molecule has 0 radical (unpaired) electrons. The average Bonchev–Trinajstić information content (AvgIpc) is 3.80. The van der Waals surface area contributed by atoms with Crippen LogP contribution in [0.15, 0.2) is 182 Å². The highest BCUT2D eigenvalue weighted by molar-refractivity contribution is 7.26. The van der Waals surface area contributed by atoms with Crippen LogP contribution in [0.25, 0.3) is 110 Å². The normalized spacial score (nSPS) is 13.0. The molecule has 8 aromatic carbocycles. The summed E-state index contributed by atoms with van der Waals surface area (Å²) in [4.78, 5) is 20.8. The van der Waals surface area contributed by atoms with Gasteiger partial charge in [-0.25, -0.2) is 19.9 Å². The van der Waals surface area contributed by atoms with Crippen molar-refractivity contribution in [2.24, 2.45) is 0 Å². The zero-order valence-electron chi connectivity index (χ0n) is 33.0. The average molecular weight is 785 g/mol. The van der Waals surface area contributed by atoms with Gasteiger partial charge in [0.25, 0.3) is 0 Å². The molecule has 1 aliphatic rings. The number of para-hydroxylation sites is 1. The summed E-state index contributed by atoms with van der Waals surface area (Å²) in [5, 5.41) is 6.13. The lowest BCUT2D eigenvalue weighted by Gasteiger charge is -2.21. The van der Waals surface area contributed by atoms with Crippen molar-refractivity contribution < 1.29 is 0 Å². The Hall–Kier alpha value is -7.34. The second kappa shape index (κ2) is 13.3. The van der Waals surface area contributed by atoms with Crippen molar-refractivity contribution in [2.45, 2.75) is 19.3 Å². The Balaban J connectivity index is 1.02. The van der Waals surface area contributed by atoms with Crippen molar-refractivity contribution in [3.8, 4) is 67.7 Å². The largest absolute Gasteiger partial charge is 0.246 e. The molecule has 0 N–H and O–H groups in total. The molecule has 0 atom stereocenters. The van der Waals surface area contributed by atoms with E-state index in [1.807, 2.05) is 29.5 Å². The highest BCUT2D eigenvalue weighted by Crippen LogP contribution is 2.50. The van der Waals surface area contributed by atoms with Crippen molar-refractivity contribution in [2.75, 3.05) is 0 Å². The maximum absolute atomic E-state index is 5.51. The molecular weight excluding hydrogens is 749 g/mol. The SMILES string of the molecule is CC1(C)c2ccccc2-c2cc(-c3nc(-c4ccccc4)nc(-c4ccc(-c5cccc6c5nc(-c5ccccc5)c5ccc7sc8ccccc8c7c56)cc4)n3)ccc21. The fraction of sp³-hybridized carbons (Fsp3) is 0.0545. The summed E-state index contributed by atoms with van der Waals surface area (Å²) < 4.78 is 2.57. The maximum Gasteiger partial charge on any atom is 0.164 e. The fourth-order valence-corrected chi connectivity index (χ4v) is 10.5. The van der Waals surface area contributed by atoms with Gasteiger partial charge in [0.15, 0.2) is 17.5 Å². The Kier molecular flexibility index (Phi) is 7.72. The molecule has 0 fully saturated rings. The van der Waals surface area contributed by atoms with Crippen LogP contribution in [0.5, 0.6) is 0 Å². The number of nitrogens with zero attached hydrogens (tertiary/aromatic N) is 4. The van der Waals surface area contributed by atoms with Crippen LogP contribution in [0.2, 0.25) is 0 Å². The predicted molar refractivity (Wildman–Crippen MR) is 250 cm³/mol. The Bertz CT molecular complexity index is 3500. The summed E-state index contributed by atoms with van der Waals surface area (Å²) in [5.74, 6) is 1.93. The molecule has 0 spiro atoms. The summed E-state index contributed by atoms with van der Waals surface area (Å²) in [6, 6.07) is 64.7. The molecule has 0 saturated heterocycles. The molecular formula is C55H36N4S. The van der Waals surface area contributed by atoms with E-state index in [-0.39, 0.29) is 5.41 Å². The number of hydrogen-bond acceptors (Lipinski definition) is 5. The van der Waals surface area contributed by atoms with Crippen LogP contribution < -0.4 is 0 Å². The molecule has 3 heterocycles. The minimum absolute atomic E-state index is 0.0774. The lowest BCUT2D eigenvalue weighted by atomic mass is 9.82. The molecule has 0 bridgehead atoms. The number of thiophene rings is 1. The quantitative estimate of drug-likeness (QED) is 0.163. The second-order valence-corrected chi connectivity index (χ2v) is 17.3. The van der Waals surface area contributed by atoms with Gasteiger partial charge in [0.1, 0.15) is 0 Å². The minimum Gasteiger partial charge on any atom is -0.246 e. The topological polar surface area (TPSA) is 51.6 Å². The number of hydrogen-bond donors (Lipinski definition) is 0. The summed E-state index contributed by atoms with van der Waals surface area (Å²) >= 11 is 1.85. The van der Waals surface area contributed by atoms with Gasteiger partial charge >= 0.3 is 0 Å². The van der Waals surface area contributed by atoms with E-state index >= 15 is 0 Å². The molecule has 5 heteroatoms. The molecule has 1 aliphatic carbocycles. The van der Waals surface area contributed by atoms with E-state index in [2.05, 4.69) is 178 Å². The monoisotopic (exact) mass is 784 g/mol. The minimum atomic E-state index is -0.0774. The van der Waals surface area contributed by atoms with Gasteiger partial charge in [-0.3, -0.25) is 0 Å². The van der Waals surface area contributed by atoms with Crippen LogP contribution in [0, 0.1) is 0 Å². The zero-order valence-corrected chi connectivity index (χ0v) is 33.8. The van der Waals surface area contributed by atoms with Crippen molar-refractivity contribution in [3.63, 3.8) is 0 Å². The van der Waals surface area contributed by atoms with Gasteiger partial charge in [-0.1, -0.05) is 178 Å². The molecule has 0 aliphatic heterocycles. The first-order chi connectivity index (χ1) is 29.5. The first-order valence-corrected chi connectivity index (χ1v) is 21.2. The number of benzene rings is 8. The van der Waals surface area contributed by atoms with Crippen LogP contribution in [0.1, 0.15) is 25.0 Å². The van der Waals surface area contributed by atoms with E-state index in [0.29, 0.717) is 17.5 Å². The van der Waals surface area contributed by atoms with E-state index in [1.54, 1.807) is 0 Å². The van der Waals surface area contributed by atoms with Crippen LogP contribution >= 0.6 is 11.3 Å². The number of rotatable bonds is 5. The third kappa shape index (κ3) is 5.36. The van der Waals surface area contributed by atoms with Gasteiger partial charge in [0.2, 0.25) is 0 Å². The Labute approximate surface area is 351 Å². The van der Waals surface area contributed by atoms with Crippen molar-refractivity contribution in [1.82, 2.24) is 19.9 Å². The standard InChI is InChI=1S/C55H36N4S/c1-55(2)44-22-11-9-18-39(44)43-32-37(28-30-45(43)55)54-58-52(35-16-7-4-8-17-35)57-53(59-54)36-26-24-33(25-27-36)38-20-13-21-41-48-42(50(56-51(38)41)34-14-5-3-6-15-34)29-31-47-49(48)40-19-10-12-23-46(40)60-47/h3-32H,1-2H3. The van der Waals surface area contributed by atoms with Gasteiger partial charge in [-0.15, -0.1) is 11.3 Å². The lowest BCUT2D eigenvalue weighted by molar-refractivity contribution is 0.660. The number of fused-ring (bicyclic) bond motifs is 10. The smallest absolute Gasteiger partial charge is 0.164 e. The van der Waals surface area contributed by atoms with Gasteiger partial charge in [0, 0.05) is 69.6 Å². The molecule has 4 nitrogen and oxygen atoms in total. The highest BCUT2D eigenvalue weighted by atomic mass is 32.1. The molecule has 11 aromatic rings. The summed E-state index contributed by atoms with van der Waals surface area (Å²) in [6.07, 6.45) is 0. The van der Waals surface area contributed by atoms with Crippen molar-refractivity contribution in [1.29, 1.82) is 0 Å². The van der Waals surface area contributed by atoms with Crippen LogP contribution in [0.3, 0.4) is 0 Å². The van der Waals surface area contributed by atoms with E-state index in [4.69, 9.17) is 19.9 Å². The molecule has 0 unspecified atom stereocenters. The molecule has 12 rings (SSSR count). The van der Waals surface area contributed by atoms with E-state index < -0.39 is 0 Å². The highest BCUT2D eigenvalue weighted by Gasteiger charge is 2.35. The van der Waals surface area contributed by atoms with Crippen LogP contribution in [-0.4, -0.2) is 19.9 Å². The molecule has 3 aromatic heterocycles. The van der Waals surface area contributed by atoms with Crippen molar-refractivity contribution >= 4 is 53.2 Å². The summed E-state index contributed by atoms with van der Waals surface area (Å²) in [5.41, 5.74) is 13.2. The lowest BCUT2D eigenvalue weighted by Crippen LogP contribution is -2.14. The molecule has 0 amide bonds. The second-order valence-electron chi connectivity index (χ2n) is 16.2. The van der Waals surface area contributed by atoms with Crippen molar-refractivity contribution in [3.05, 3.63) is 193 Å². The maximum atomic E-state index is 5.51. The molecule has 282 valence electrons. The third-order valence-electron chi connectivity index (χ3n) is 12.3. The fourth-order valence-electron chi connectivity index (χ4n) is 9.39. The Morgan fingerprint density at radius 3 is 1.73 bits per heavy atom. The van der Waals surface area contributed by atoms with Gasteiger partial charge in [-0.2, -0.15) is 0 Å². The first-order valence-electron chi connectivity index (χ1n) is 20.4. The van der Waals surface area contributed by atoms with E-state index in [9.17, 15) is 0 Å². The zero-order chi connectivity index (χ0) is 40.0. The third-order valence-corrected chi connectivity index (χ3v) is 13.5. The number of pyridine rings is 1. The van der Waals surface area contributed by atoms with E-state index in [0.717, 1.165) is 55.4 Å². The van der Waals surface area contributed by atoms with Crippen LogP contribution in [0.4, 0.5) is 0 Å². The molecule has 0 saturated carbocycles. The van der Waals surface area contributed by atoms with Gasteiger partial charge in [0.05, 0.1) is 11.2 Å². The van der Waals surface area contributed by atoms with E-state index in [1.165, 1.54) is 47.8 Å². The van der Waals surface area contributed by atoms with Gasteiger partial charge < -0.3 is 0 Å². The summed E-state index contributed by atoms with van der Waals surface area (Å²) in [7, 11) is 0. The molecule has 60 heavy (non-hydrogen) atoms. The predicted octanol–water partition coefficient (Wildman–Crippen LogP) is 14.6. The van der Waals surface area contributed by atoms with Crippen LogP contribution in [-0.2, 0) is 5.41 Å². The Morgan fingerprint density at radius 1 is 0.367 bits per heavy atom. The first kappa shape index (κ1) is 34.7. The number of aromatic nitrogens is 4.